The second-order valence-electron chi connectivity index (χ2n) is 5.71. The lowest BCUT2D eigenvalue weighted by Crippen LogP contribution is -2.41. The number of hydrogen-bond donors (Lipinski definition) is 3. The van der Waals surface area contributed by atoms with Gasteiger partial charge in [-0.1, -0.05) is 30.3 Å². The number of rotatable bonds is 8. The third kappa shape index (κ3) is 5.21. The zero-order valence-electron chi connectivity index (χ0n) is 12.6. The number of hydrogen-bond acceptors (Lipinski definition) is 4. The van der Waals surface area contributed by atoms with Gasteiger partial charge in [-0.2, -0.15) is 0 Å². The largest absolute Gasteiger partial charge is 0.383 e. The molecule has 112 valence electrons. The molecule has 0 saturated carbocycles. The van der Waals surface area contributed by atoms with E-state index in [0.717, 1.165) is 26.0 Å². The molecule has 2 rings (SSSR count). The second kappa shape index (κ2) is 8.37. The summed E-state index contributed by atoms with van der Waals surface area (Å²) in [5.41, 5.74) is 8.02. The van der Waals surface area contributed by atoms with Crippen LogP contribution in [0.3, 0.4) is 0 Å². The molecular weight excluding hydrogens is 250 g/mol. The average molecular weight is 277 g/mol. The summed E-state index contributed by atoms with van der Waals surface area (Å²) in [4.78, 5) is 0. The van der Waals surface area contributed by atoms with Gasteiger partial charge in [-0.05, 0) is 31.7 Å². The summed E-state index contributed by atoms with van der Waals surface area (Å²) >= 11 is 0. The number of aryl methyl sites for hydroxylation is 1. The van der Waals surface area contributed by atoms with Gasteiger partial charge in [0.25, 0.3) is 0 Å². The molecule has 0 aliphatic carbocycles. The molecule has 3 atom stereocenters. The highest BCUT2D eigenvalue weighted by molar-refractivity contribution is 5.14. The summed E-state index contributed by atoms with van der Waals surface area (Å²) < 4.78 is 5.16. The van der Waals surface area contributed by atoms with E-state index < -0.39 is 0 Å². The van der Waals surface area contributed by atoms with Crippen molar-refractivity contribution in [3.63, 3.8) is 0 Å². The number of methoxy groups -OCH3 is 1. The monoisotopic (exact) mass is 277 g/mol. The summed E-state index contributed by atoms with van der Waals surface area (Å²) in [7, 11) is 1.75. The summed E-state index contributed by atoms with van der Waals surface area (Å²) in [5, 5.41) is 3.61. The average Bonchev–Trinajstić information content (AvgIpc) is 2.92. The highest BCUT2D eigenvalue weighted by atomic mass is 16.5. The quantitative estimate of drug-likeness (QED) is 0.673. The van der Waals surface area contributed by atoms with Crippen LogP contribution in [0.25, 0.3) is 0 Å². The van der Waals surface area contributed by atoms with Crippen LogP contribution in [0.1, 0.15) is 25.3 Å². The zero-order chi connectivity index (χ0) is 14.2. The van der Waals surface area contributed by atoms with Gasteiger partial charge in [0.05, 0.1) is 6.61 Å². The number of hydrazine groups is 1. The first-order valence-electron chi connectivity index (χ1n) is 7.55. The van der Waals surface area contributed by atoms with Crippen LogP contribution in [0.5, 0.6) is 0 Å². The first-order valence-corrected chi connectivity index (χ1v) is 7.55. The lowest BCUT2D eigenvalue weighted by molar-refractivity contribution is 0.171. The Hall–Kier alpha value is -0.940. The van der Waals surface area contributed by atoms with E-state index in [1.54, 1.807) is 7.11 Å². The Morgan fingerprint density at radius 3 is 2.75 bits per heavy atom. The van der Waals surface area contributed by atoms with E-state index in [2.05, 4.69) is 53.4 Å². The fraction of sp³-hybridized carbons (Fsp3) is 0.625. The standard InChI is InChI=1S/C16H27N3O/c1-13(8-9-14-6-4-3-5-7-14)17-11-15-10-16(12-20-2)19-18-15/h3-7,13,15-19H,8-12H2,1-2H3. The number of ether oxygens (including phenoxy) is 1. The van der Waals surface area contributed by atoms with Crippen molar-refractivity contribution < 1.29 is 4.74 Å². The normalized spacial score (nSPS) is 23.9. The van der Waals surface area contributed by atoms with Crippen molar-refractivity contribution in [2.75, 3.05) is 20.3 Å². The molecule has 0 spiro atoms. The van der Waals surface area contributed by atoms with Crippen molar-refractivity contribution in [2.45, 2.75) is 44.3 Å². The molecule has 20 heavy (non-hydrogen) atoms. The highest BCUT2D eigenvalue weighted by Crippen LogP contribution is 2.07. The number of nitrogens with one attached hydrogen (secondary N) is 3. The van der Waals surface area contributed by atoms with Gasteiger partial charge in [-0.3, -0.25) is 10.9 Å². The van der Waals surface area contributed by atoms with Crippen LogP contribution in [-0.4, -0.2) is 38.4 Å². The first kappa shape index (κ1) is 15.4. The van der Waals surface area contributed by atoms with Crippen molar-refractivity contribution in [3.8, 4) is 0 Å². The Balaban J connectivity index is 1.60. The van der Waals surface area contributed by atoms with E-state index in [1.165, 1.54) is 12.0 Å². The summed E-state index contributed by atoms with van der Waals surface area (Å²) in [5.74, 6) is 0. The molecule has 4 heteroatoms. The molecule has 0 aromatic heterocycles. The molecule has 1 aromatic rings. The van der Waals surface area contributed by atoms with Gasteiger partial charge in [0.1, 0.15) is 0 Å². The number of benzene rings is 1. The van der Waals surface area contributed by atoms with Gasteiger partial charge in [0, 0.05) is 31.8 Å². The molecule has 1 heterocycles. The molecule has 3 N–H and O–H groups in total. The molecule has 1 aromatic carbocycles. The fourth-order valence-corrected chi connectivity index (χ4v) is 2.62. The minimum absolute atomic E-state index is 0.437. The topological polar surface area (TPSA) is 45.3 Å². The SMILES string of the molecule is COCC1CC(CNC(C)CCc2ccccc2)NN1. The van der Waals surface area contributed by atoms with Crippen LogP contribution >= 0.6 is 0 Å². The van der Waals surface area contributed by atoms with E-state index in [9.17, 15) is 0 Å². The maximum Gasteiger partial charge on any atom is 0.0630 e. The Bertz CT molecular complexity index is 371. The maximum atomic E-state index is 5.16. The predicted molar refractivity (Wildman–Crippen MR) is 82.6 cm³/mol. The molecule has 0 radical (unpaired) electrons. The van der Waals surface area contributed by atoms with E-state index in [1.807, 2.05) is 0 Å². The predicted octanol–water partition coefficient (Wildman–Crippen LogP) is 1.48. The van der Waals surface area contributed by atoms with Crippen LogP contribution in [0, 0.1) is 0 Å². The molecule has 1 aliphatic heterocycles. The summed E-state index contributed by atoms with van der Waals surface area (Å²) in [6.45, 7) is 4.04. The minimum atomic E-state index is 0.437. The Morgan fingerprint density at radius 1 is 1.25 bits per heavy atom. The van der Waals surface area contributed by atoms with Crippen molar-refractivity contribution in [2.24, 2.45) is 0 Å². The van der Waals surface area contributed by atoms with Crippen LogP contribution in [0.2, 0.25) is 0 Å². The van der Waals surface area contributed by atoms with Crippen molar-refractivity contribution in [3.05, 3.63) is 35.9 Å². The Kier molecular flexibility index (Phi) is 6.47. The third-order valence-corrected chi connectivity index (χ3v) is 3.85. The molecule has 1 saturated heterocycles. The molecule has 0 amide bonds. The van der Waals surface area contributed by atoms with Crippen LogP contribution in [0.15, 0.2) is 30.3 Å². The Morgan fingerprint density at radius 2 is 2.00 bits per heavy atom. The van der Waals surface area contributed by atoms with E-state index in [4.69, 9.17) is 4.74 Å². The van der Waals surface area contributed by atoms with Crippen LogP contribution in [-0.2, 0) is 11.2 Å². The first-order chi connectivity index (χ1) is 9.78. The van der Waals surface area contributed by atoms with Gasteiger partial charge >= 0.3 is 0 Å². The van der Waals surface area contributed by atoms with Gasteiger partial charge in [0.2, 0.25) is 0 Å². The van der Waals surface area contributed by atoms with Crippen molar-refractivity contribution in [1.82, 2.24) is 16.2 Å². The molecule has 4 nitrogen and oxygen atoms in total. The molecule has 3 unspecified atom stereocenters. The summed E-state index contributed by atoms with van der Waals surface area (Å²) in [6, 6.07) is 12.2. The van der Waals surface area contributed by atoms with Crippen molar-refractivity contribution >= 4 is 0 Å². The van der Waals surface area contributed by atoms with Gasteiger partial charge in [0.15, 0.2) is 0 Å². The zero-order valence-corrected chi connectivity index (χ0v) is 12.6. The lowest BCUT2D eigenvalue weighted by Gasteiger charge is -2.17. The van der Waals surface area contributed by atoms with Crippen molar-refractivity contribution in [1.29, 1.82) is 0 Å². The summed E-state index contributed by atoms with van der Waals surface area (Å²) in [6.07, 6.45) is 3.43. The molecule has 1 fully saturated rings. The second-order valence-corrected chi connectivity index (χ2v) is 5.71. The van der Waals surface area contributed by atoms with E-state index in [-0.39, 0.29) is 0 Å². The molecule has 0 bridgehead atoms. The third-order valence-electron chi connectivity index (χ3n) is 3.85. The highest BCUT2D eigenvalue weighted by Gasteiger charge is 2.23. The Labute approximate surface area is 122 Å². The minimum Gasteiger partial charge on any atom is -0.383 e. The smallest absolute Gasteiger partial charge is 0.0630 e. The van der Waals surface area contributed by atoms with Crippen LogP contribution < -0.4 is 16.2 Å². The van der Waals surface area contributed by atoms with Gasteiger partial charge < -0.3 is 10.1 Å². The lowest BCUT2D eigenvalue weighted by atomic mass is 10.1. The van der Waals surface area contributed by atoms with E-state index in [0.29, 0.717) is 18.1 Å². The van der Waals surface area contributed by atoms with E-state index >= 15 is 0 Å². The maximum absolute atomic E-state index is 5.16. The van der Waals surface area contributed by atoms with Gasteiger partial charge in [-0.25, -0.2) is 0 Å². The molecular formula is C16H27N3O. The molecule has 1 aliphatic rings. The van der Waals surface area contributed by atoms with Crippen LogP contribution in [0.4, 0.5) is 0 Å². The van der Waals surface area contributed by atoms with Gasteiger partial charge in [-0.15, -0.1) is 0 Å². The fourth-order valence-electron chi connectivity index (χ4n) is 2.62.